The van der Waals surface area contributed by atoms with Gasteiger partial charge in [0.15, 0.2) is 28.5 Å². The molecule has 278 valence electrons. The lowest BCUT2D eigenvalue weighted by Crippen LogP contribution is -2.32. The predicted molar refractivity (Wildman–Crippen MR) is 182 cm³/mol. The first-order chi connectivity index (χ1) is 24.8. The van der Waals surface area contributed by atoms with E-state index in [1.165, 1.54) is 7.11 Å². The van der Waals surface area contributed by atoms with Crippen LogP contribution in [0.15, 0.2) is 22.1 Å². The average Bonchev–Trinajstić information content (AvgIpc) is 3.95. The van der Waals surface area contributed by atoms with Gasteiger partial charge in [0.1, 0.15) is 34.4 Å². The number of amides is 2. The molecule has 2 amide bonds. The third kappa shape index (κ3) is 8.08. The van der Waals surface area contributed by atoms with Crippen LogP contribution in [0, 0.1) is 0 Å². The highest BCUT2D eigenvalue weighted by atomic mass is 16.6. The SMILES string of the molecule is CCc1oc(-c2nc(-c3nc(-c4nc(CNC(=O)OC(C)(C)C)oc4CC)oc3CC)oc2CC)nc1C(=O)NCc1nc(C(=O)OC)c(CC)o1. The van der Waals surface area contributed by atoms with E-state index in [9.17, 15) is 14.4 Å². The Balaban J connectivity index is 1.39. The average molecular weight is 722 g/mol. The van der Waals surface area contributed by atoms with Crippen molar-refractivity contribution in [2.75, 3.05) is 7.11 Å². The van der Waals surface area contributed by atoms with Crippen LogP contribution >= 0.6 is 0 Å². The van der Waals surface area contributed by atoms with Gasteiger partial charge in [-0.05, 0) is 20.8 Å². The number of hydrogen-bond acceptors (Lipinski definition) is 15. The lowest BCUT2D eigenvalue weighted by atomic mass is 10.2. The highest BCUT2D eigenvalue weighted by molar-refractivity contribution is 5.93. The third-order valence-corrected chi connectivity index (χ3v) is 7.57. The van der Waals surface area contributed by atoms with E-state index in [0.717, 1.165) is 0 Å². The zero-order valence-electron chi connectivity index (χ0n) is 30.8. The lowest BCUT2D eigenvalue weighted by Gasteiger charge is -2.19. The molecule has 17 nitrogen and oxygen atoms in total. The van der Waals surface area contributed by atoms with Gasteiger partial charge >= 0.3 is 12.1 Å². The number of aryl methyl sites for hydroxylation is 5. The Morgan fingerprint density at radius 1 is 0.577 bits per heavy atom. The van der Waals surface area contributed by atoms with E-state index in [0.29, 0.717) is 78.0 Å². The maximum Gasteiger partial charge on any atom is 0.408 e. The summed E-state index contributed by atoms with van der Waals surface area (Å²) < 4.78 is 39.9. The maximum atomic E-state index is 13.3. The molecule has 0 aromatic carbocycles. The first-order valence-electron chi connectivity index (χ1n) is 17.1. The number of carbonyl (C=O) groups excluding carboxylic acids is 3. The Kier molecular flexibility index (Phi) is 11.3. The van der Waals surface area contributed by atoms with Crippen LogP contribution in [-0.2, 0) is 54.7 Å². The van der Waals surface area contributed by atoms with Crippen LogP contribution in [0.1, 0.15) is 117 Å². The number of nitrogens with zero attached hydrogens (tertiary/aromatic N) is 5. The van der Waals surface area contributed by atoms with Crippen molar-refractivity contribution < 1.29 is 45.9 Å². The summed E-state index contributed by atoms with van der Waals surface area (Å²) in [4.78, 5) is 60.1. The number of carbonyl (C=O) groups is 3. The first-order valence-corrected chi connectivity index (χ1v) is 17.1. The molecule has 0 saturated heterocycles. The Morgan fingerprint density at radius 3 is 1.56 bits per heavy atom. The molecule has 0 saturated carbocycles. The van der Waals surface area contributed by atoms with Gasteiger partial charge in [-0.25, -0.2) is 34.5 Å². The second-order valence-corrected chi connectivity index (χ2v) is 12.4. The number of ether oxygens (including phenoxy) is 2. The summed E-state index contributed by atoms with van der Waals surface area (Å²) in [5.41, 5.74) is 0.541. The summed E-state index contributed by atoms with van der Waals surface area (Å²) in [5, 5.41) is 5.37. The van der Waals surface area contributed by atoms with Gasteiger partial charge in [0.05, 0.1) is 20.2 Å². The quantitative estimate of drug-likeness (QED) is 0.122. The van der Waals surface area contributed by atoms with Gasteiger partial charge in [-0.2, -0.15) is 0 Å². The fourth-order valence-electron chi connectivity index (χ4n) is 5.15. The van der Waals surface area contributed by atoms with Crippen molar-refractivity contribution in [3.05, 3.63) is 52.0 Å². The Hall–Kier alpha value is -5.74. The van der Waals surface area contributed by atoms with Crippen molar-refractivity contribution in [1.82, 2.24) is 35.6 Å². The zero-order chi connectivity index (χ0) is 37.7. The van der Waals surface area contributed by atoms with Crippen LogP contribution in [0.25, 0.3) is 34.8 Å². The van der Waals surface area contributed by atoms with Gasteiger partial charge in [-0.3, -0.25) is 4.79 Å². The molecular formula is C35H43N7O10. The number of esters is 1. The second-order valence-electron chi connectivity index (χ2n) is 12.4. The molecule has 0 fully saturated rings. The van der Waals surface area contributed by atoms with Crippen molar-refractivity contribution in [2.24, 2.45) is 0 Å². The second kappa shape index (κ2) is 15.7. The van der Waals surface area contributed by atoms with Crippen LogP contribution in [0.4, 0.5) is 4.79 Å². The van der Waals surface area contributed by atoms with Gasteiger partial charge in [0, 0.05) is 32.1 Å². The predicted octanol–water partition coefficient (Wildman–Crippen LogP) is 6.18. The summed E-state index contributed by atoms with van der Waals surface area (Å²) in [5.74, 6) is 1.90. The summed E-state index contributed by atoms with van der Waals surface area (Å²) in [6.45, 7) is 14.6. The molecule has 0 unspecified atom stereocenters. The number of hydrogen-bond donors (Lipinski definition) is 2. The molecule has 0 radical (unpaired) electrons. The maximum absolute atomic E-state index is 13.3. The number of methoxy groups -OCH3 is 1. The van der Waals surface area contributed by atoms with Crippen molar-refractivity contribution in [1.29, 1.82) is 0 Å². The standard InChI is InChI=1S/C35H43N7O10/c1-10-17-24(29(43)36-15-22-39-28(33(44)46-9)21(14-5)48-22)40-31(49-17)26-19(12-3)51-32(42-26)27-20(13-4)50-30(41-27)25-18(11-2)47-23(38-25)16-37-34(45)52-35(6,7)8/h10-16H2,1-9H3,(H,36,43)(H,37,45). The van der Waals surface area contributed by atoms with E-state index in [-0.39, 0.29) is 53.9 Å². The van der Waals surface area contributed by atoms with Gasteiger partial charge < -0.3 is 42.2 Å². The van der Waals surface area contributed by atoms with Crippen molar-refractivity contribution >= 4 is 18.0 Å². The highest BCUT2D eigenvalue weighted by Crippen LogP contribution is 2.35. The van der Waals surface area contributed by atoms with Gasteiger partial charge in [-0.1, -0.05) is 34.6 Å². The van der Waals surface area contributed by atoms with Crippen LogP contribution in [-0.4, -0.2) is 55.6 Å². The van der Waals surface area contributed by atoms with Gasteiger partial charge in [0.2, 0.25) is 29.5 Å². The zero-order valence-corrected chi connectivity index (χ0v) is 30.8. The number of alkyl carbamates (subject to hydrolysis) is 1. The third-order valence-electron chi connectivity index (χ3n) is 7.57. The normalized spacial score (nSPS) is 11.6. The molecule has 0 aliphatic heterocycles. The summed E-state index contributed by atoms with van der Waals surface area (Å²) in [7, 11) is 1.26. The molecule has 5 heterocycles. The molecule has 0 atom stereocenters. The Morgan fingerprint density at radius 2 is 1.02 bits per heavy atom. The van der Waals surface area contributed by atoms with E-state index in [2.05, 4.69) is 25.6 Å². The fourth-order valence-corrected chi connectivity index (χ4v) is 5.15. The summed E-state index contributed by atoms with van der Waals surface area (Å²) >= 11 is 0. The van der Waals surface area contributed by atoms with E-state index in [1.807, 2.05) is 34.6 Å². The molecule has 5 aromatic heterocycles. The molecule has 0 aliphatic rings. The lowest BCUT2D eigenvalue weighted by molar-refractivity contribution is 0.0517. The highest BCUT2D eigenvalue weighted by Gasteiger charge is 2.29. The smallest absolute Gasteiger partial charge is 0.408 e. The summed E-state index contributed by atoms with van der Waals surface area (Å²) in [6.07, 6.45) is 1.57. The fraction of sp³-hybridized carbons (Fsp3) is 0.486. The molecule has 52 heavy (non-hydrogen) atoms. The Bertz CT molecular complexity index is 2060. The topological polar surface area (TPSA) is 224 Å². The molecule has 5 aromatic rings. The molecule has 5 rings (SSSR count). The first kappa shape index (κ1) is 37.5. The number of oxazole rings is 5. The minimum absolute atomic E-state index is 0.00479. The molecule has 17 heteroatoms. The monoisotopic (exact) mass is 721 g/mol. The van der Waals surface area contributed by atoms with Crippen LogP contribution in [0.3, 0.4) is 0 Å². The van der Waals surface area contributed by atoms with E-state index >= 15 is 0 Å². The molecule has 0 aliphatic carbocycles. The van der Waals surface area contributed by atoms with Crippen LogP contribution in [0.2, 0.25) is 0 Å². The van der Waals surface area contributed by atoms with Gasteiger partial charge in [0.25, 0.3) is 5.91 Å². The van der Waals surface area contributed by atoms with E-state index in [1.54, 1.807) is 20.8 Å². The minimum atomic E-state index is -0.650. The molecule has 2 N–H and O–H groups in total. The van der Waals surface area contributed by atoms with Crippen molar-refractivity contribution in [3.8, 4) is 34.8 Å². The molecule has 0 spiro atoms. The van der Waals surface area contributed by atoms with Crippen LogP contribution < -0.4 is 10.6 Å². The van der Waals surface area contributed by atoms with E-state index in [4.69, 9.17) is 41.5 Å². The van der Waals surface area contributed by atoms with Crippen molar-refractivity contribution in [2.45, 2.75) is 106 Å². The van der Waals surface area contributed by atoms with E-state index < -0.39 is 23.6 Å². The van der Waals surface area contributed by atoms with Crippen molar-refractivity contribution in [3.63, 3.8) is 0 Å². The minimum Gasteiger partial charge on any atom is -0.464 e. The number of nitrogens with one attached hydrogen (secondary N) is 2. The number of rotatable bonds is 14. The largest absolute Gasteiger partial charge is 0.464 e. The molecule has 0 bridgehead atoms. The Labute approximate surface area is 299 Å². The van der Waals surface area contributed by atoms with Crippen LogP contribution in [0.5, 0.6) is 0 Å². The summed E-state index contributed by atoms with van der Waals surface area (Å²) in [6, 6.07) is 0. The number of aromatic nitrogens is 5. The molecular weight excluding hydrogens is 678 g/mol. The van der Waals surface area contributed by atoms with Gasteiger partial charge in [-0.15, -0.1) is 0 Å².